The molecule has 2 atom stereocenters. The standard InChI is InChI=1S/C13H13FN2O5/c14-11-6-9(16(20)21)3-4-10(11)12(17)15-8-2-1-7(5-8)13(18)19/h3-4,6-8H,1-2,5H2,(H,15,17)(H,18,19). The molecule has 1 fully saturated rings. The van der Waals surface area contributed by atoms with Crippen molar-refractivity contribution in [3.05, 3.63) is 39.7 Å². The predicted molar refractivity (Wildman–Crippen MR) is 69.3 cm³/mol. The summed E-state index contributed by atoms with van der Waals surface area (Å²) in [6.45, 7) is 0. The highest BCUT2D eigenvalue weighted by molar-refractivity contribution is 5.95. The molecule has 2 N–H and O–H groups in total. The Balaban J connectivity index is 2.04. The summed E-state index contributed by atoms with van der Waals surface area (Å²) in [4.78, 5) is 32.5. The highest BCUT2D eigenvalue weighted by Crippen LogP contribution is 2.26. The quantitative estimate of drug-likeness (QED) is 0.649. The first-order valence-electron chi connectivity index (χ1n) is 6.36. The maximum absolute atomic E-state index is 13.7. The van der Waals surface area contributed by atoms with E-state index in [4.69, 9.17) is 5.11 Å². The number of carbonyl (C=O) groups is 2. The molecule has 2 unspecified atom stereocenters. The molecule has 1 saturated carbocycles. The summed E-state index contributed by atoms with van der Waals surface area (Å²) in [5.41, 5.74) is -0.727. The first-order chi connectivity index (χ1) is 9.88. The third kappa shape index (κ3) is 3.33. The van der Waals surface area contributed by atoms with Crippen LogP contribution in [-0.2, 0) is 4.79 Å². The fraction of sp³-hybridized carbons (Fsp3) is 0.385. The van der Waals surface area contributed by atoms with Gasteiger partial charge in [-0.1, -0.05) is 0 Å². The van der Waals surface area contributed by atoms with Crippen molar-refractivity contribution in [3.63, 3.8) is 0 Å². The molecule has 2 rings (SSSR count). The molecule has 112 valence electrons. The molecular formula is C13H13FN2O5. The van der Waals surface area contributed by atoms with Crippen LogP contribution in [0.15, 0.2) is 18.2 Å². The maximum Gasteiger partial charge on any atom is 0.306 e. The van der Waals surface area contributed by atoms with Crippen LogP contribution in [0, 0.1) is 21.8 Å². The number of nitro groups is 1. The van der Waals surface area contributed by atoms with Gasteiger partial charge in [-0.15, -0.1) is 0 Å². The van der Waals surface area contributed by atoms with Gasteiger partial charge in [0, 0.05) is 12.1 Å². The Morgan fingerprint density at radius 3 is 2.62 bits per heavy atom. The van der Waals surface area contributed by atoms with Crippen LogP contribution in [0.3, 0.4) is 0 Å². The number of nitrogens with one attached hydrogen (secondary N) is 1. The normalized spacial score (nSPS) is 21.0. The number of non-ortho nitro benzene ring substituents is 1. The van der Waals surface area contributed by atoms with Crippen LogP contribution in [0.2, 0.25) is 0 Å². The molecule has 1 amide bonds. The molecule has 0 saturated heterocycles. The van der Waals surface area contributed by atoms with E-state index in [0.29, 0.717) is 25.3 Å². The Morgan fingerprint density at radius 1 is 1.38 bits per heavy atom. The number of nitrogens with zero attached hydrogens (tertiary/aromatic N) is 1. The van der Waals surface area contributed by atoms with E-state index in [1.54, 1.807) is 0 Å². The number of amides is 1. The summed E-state index contributed by atoms with van der Waals surface area (Å²) in [6, 6.07) is 2.45. The Hall–Kier alpha value is -2.51. The Kier molecular flexibility index (Phi) is 4.15. The predicted octanol–water partition coefficient (Wildman–Crippen LogP) is 1.72. The number of carboxylic acids is 1. The van der Waals surface area contributed by atoms with E-state index in [1.165, 1.54) is 0 Å². The van der Waals surface area contributed by atoms with Crippen LogP contribution in [0.4, 0.5) is 10.1 Å². The zero-order chi connectivity index (χ0) is 15.6. The molecule has 0 aliphatic heterocycles. The fourth-order valence-corrected chi connectivity index (χ4v) is 2.40. The summed E-state index contributed by atoms with van der Waals surface area (Å²) >= 11 is 0. The van der Waals surface area contributed by atoms with Crippen molar-refractivity contribution in [1.29, 1.82) is 0 Å². The van der Waals surface area contributed by atoms with Crippen molar-refractivity contribution >= 4 is 17.6 Å². The third-order valence-electron chi connectivity index (χ3n) is 3.53. The van der Waals surface area contributed by atoms with Gasteiger partial charge in [0.05, 0.1) is 22.5 Å². The molecule has 0 bridgehead atoms. The molecular weight excluding hydrogens is 283 g/mol. The highest BCUT2D eigenvalue weighted by atomic mass is 19.1. The number of hydrogen-bond acceptors (Lipinski definition) is 4. The number of nitro benzene ring substituents is 1. The van der Waals surface area contributed by atoms with Gasteiger partial charge in [-0.25, -0.2) is 4.39 Å². The number of hydrogen-bond donors (Lipinski definition) is 2. The minimum atomic E-state index is -0.977. The molecule has 1 aliphatic carbocycles. The van der Waals surface area contributed by atoms with Gasteiger partial charge in [-0.2, -0.15) is 0 Å². The summed E-state index contributed by atoms with van der Waals surface area (Å²) in [5, 5.41) is 21.9. The molecule has 8 heteroatoms. The van der Waals surface area contributed by atoms with Crippen molar-refractivity contribution in [2.45, 2.75) is 25.3 Å². The van der Waals surface area contributed by atoms with Gasteiger partial charge in [0.15, 0.2) is 0 Å². The maximum atomic E-state index is 13.7. The van der Waals surface area contributed by atoms with E-state index in [0.717, 1.165) is 12.1 Å². The topological polar surface area (TPSA) is 110 Å². The van der Waals surface area contributed by atoms with E-state index in [1.807, 2.05) is 0 Å². The second kappa shape index (κ2) is 5.86. The van der Waals surface area contributed by atoms with Crippen LogP contribution in [0.25, 0.3) is 0 Å². The second-order valence-corrected chi connectivity index (χ2v) is 4.94. The first-order valence-corrected chi connectivity index (χ1v) is 6.36. The van der Waals surface area contributed by atoms with Crippen molar-refractivity contribution in [1.82, 2.24) is 5.32 Å². The summed E-state index contributed by atoms with van der Waals surface area (Å²) < 4.78 is 13.7. The molecule has 1 aliphatic rings. The number of halogens is 1. The van der Waals surface area contributed by atoms with E-state index in [2.05, 4.69) is 5.32 Å². The molecule has 0 aromatic heterocycles. The average Bonchev–Trinajstić information content (AvgIpc) is 2.87. The van der Waals surface area contributed by atoms with Crippen LogP contribution < -0.4 is 5.32 Å². The Bertz CT molecular complexity index is 604. The van der Waals surface area contributed by atoms with E-state index in [-0.39, 0.29) is 11.6 Å². The van der Waals surface area contributed by atoms with Crippen LogP contribution in [0.1, 0.15) is 29.6 Å². The largest absolute Gasteiger partial charge is 0.481 e. The average molecular weight is 296 g/mol. The van der Waals surface area contributed by atoms with Crippen LogP contribution in [-0.4, -0.2) is 27.9 Å². The van der Waals surface area contributed by atoms with Crippen molar-refractivity contribution in [2.24, 2.45) is 5.92 Å². The van der Waals surface area contributed by atoms with Gasteiger partial charge >= 0.3 is 5.97 Å². The van der Waals surface area contributed by atoms with Crippen LogP contribution >= 0.6 is 0 Å². The molecule has 1 aromatic carbocycles. The minimum Gasteiger partial charge on any atom is -0.481 e. The van der Waals surface area contributed by atoms with Crippen LogP contribution in [0.5, 0.6) is 0 Å². The smallest absolute Gasteiger partial charge is 0.306 e. The highest BCUT2D eigenvalue weighted by Gasteiger charge is 2.31. The second-order valence-electron chi connectivity index (χ2n) is 4.94. The lowest BCUT2D eigenvalue weighted by Gasteiger charge is -2.12. The number of carboxylic acid groups (broad SMARTS) is 1. The molecule has 0 spiro atoms. The van der Waals surface area contributed by atoms with Gasteiger partial charge < -0.3 is 10.4 Å². The minimum absolute atomic E-state index is 0.292. The number of carbonyl (C=O) groups excluding carboxylic acids is 1. The van der Waals surface area contributed by atoms with Gasteiger partial charge in [-0.3, -0.25) is 19.7 Å². The number of benzene rings is 1. The molecule has 0 heterocycles. The molecule has 7 nitrogen and oxygen atoms in total. The summed E-state index contributed by atoms with van der Waals surface area (Å²) in [5.74, 6) is -3.09. The van der Waals surface area contributed by atoms with Gasteiger partial charge in [0.25, 0.3) is 11.6 Å². The molecule has 0 radical (unpaired) electrons. The van der Waals surface area contributed by atoms with E-state index in [9.17, 15) is 24.1 Å². The molecule has 1 aromatic rings. The lowest BCUT2D eigenvalue weighted by molar-refractivity contribution is -0.385. The number of aliphatic carboxylic acids is 1. The summed E-state index contributed by atoms with van der Waals surface area (Å²) in [7, 11) is 0. The Labute approximate surface area is 118 Å². The van der Waals surface area contributed by atoms with Crippen molar-refractivity contribution < 1.29 is 24.0 Å². The van der Waals surface area contributed by atoms with Gasteiger partial charge in [0.1, 0.15) is 5.82 Å². The SMILES string of the molecule is O=C(NC1CCC(C(=O)O)C1)c1ccc([N+](=O)[O-])cc1F. The fourth-order valence-electron chi connectivity index (χ4n) is 2.40. The van der Waals surface area contributed by atoms with E-state index < -0.39 is 34.2 Å². The monoisotopic (exact) mass is 296 g/mol. The van der Waals surface area contributed by atoms with E-state index >= 15 is 0 Å². The summed E-state index contributed by atoms with van der Waals surface area (Å²) in [6.07, 6.45) is 1.27. The Morgan fingerprint density at radius 2 is 2.10 bits per heavy atom. The zero-order valence-electron chi connectivity index (χ0n) is 10.9. The van der Waals surface area contributed by atoms with Crippen molar-refractivity contribution in [3.8, 4) is 0 Å². The van der Waals surface area contributed by atoms with Gasteiger partial charge in [0.2, 0.25) is 0 Å². The third-order valence-corrected chi connectivity index (χ3v) is 3.53. The first kappa shape index (κ1) is 14.9. The lowest BCUT2D eigenvalue weighted by Crippen LogP contribution is -2.33. The van der Waals surface area contributed by atoms with Gasteiger partial charge in [-0.05, 0) is 25.3 Å². The molecule has 21 heavy (non-hydrogen) atoms. The van der Waals surface area contributed by atoms with Crippen molar-refractivity contribution in [2.75, 3.05) is 0 Å². The number of rotatable bonds is 4. The lowest BCUT2D eigenvalue weighted by atomic mass is 10.1. The zero-order valence-corrected chi connectivity index (χ0v) is 10.9.